The van der Waals surface area contributed by atoms with E-state index in [1.165, 1.54) is 0 Å². The minimum absolute atomic E-state index is 0.575. The van der Waals surface area contributed by atoms with Gasteiger partial charge in [0.05, 0.1) is 6.04 Å². The molecule has 3 heteroatoms. The van der Waals surface area contributed by atoms with E-state index in [9.17, 15) is 4.39 Å². The zero-order chi connectivity index (χ0) is 12.1. The molecule has 0 aliphatic rings. The van der Waals surface area contributed by atoms with E-state index in [0.717, 1.165) is 11.3 Å². The maximum atomic E-state index is 12.5. The van der Waals surface area contributed by atoms with Crippen molar-refractivity contribution in [1.29, 1.82) is 0 Å². The van der Waals surface area contributed by atoms with Gasteiger partial charge in [0.2, 0.25) is 0 Å². The van der Waals surface area contributed by atoms with Gasteiger partial charge in [0.25, 0.3) is 0 Å². The first kappa shape index (κ1) is 11.6. The molecule has 0 fully saturated rings. The van der Waals surface area contributed by atoms with Crippen LogP contribution >= 0.6 is 0 Å². The lowest BCUT2D eigenvalue weighted by Crippen LogP contribution is -2.11. The van der Waals surface area contributed by atoms with Crippen LogP contribution in [0.15, 0.2) is 54.6 Å². The Hall–Kier alpha value is -1.87. The van der Waals surface area contributed by atoms with Crippen LogP contribution in [-0.2, 0) is 0 Å². The third-order valence-corrected chi connectivity index (χ3v) is 2.43. The first-order valence-electron chi connectivity index (χ1n) is 5.44. The van der Waals surface area contributed by atoms with Crippen molar-refractivity contribution in [2.24, 2.45) is 5.73 Å². The van der Waals surface area contributed by atoms with Crippen LogP contribution in [0.25, 0.3) is 0 Å². The molecule has 0 spiro atoms. The van der Waals surface area contributed by atoms with Crippen LogP contribution in [0, 0.1) is 0 Å². The summed E-state index contributed by atoms with van der Waals surface area (Å²) in [6.07, 6.45) is 0. The van der Waals surface area contributed by atoms with Crippen LogP contribution in [0.5, 0.6) is 11.5 Å². The molecule has 2 rings (SSSR count). The van der Waals surface area contributed by atoms with Crippen LogP contribution in [0.4, 0.5) is 4.39 Å². The SMILES string of the molecule is N[C@H](CF)c1cccc(Oc2ccccc2)c1. The van der Waals surface area contributed by atoms with Gasteiger partial charge < -0.3 is 10.5 Å². The fraction of sp³-hybridized carbons (Fsp3) is 0.143. The van der Waals surface area contributed by atoms with Crippen molar-refractivity contribution in [3.63, 3.8) is 0 Å². The van der Waals surface area contributed by atoms with Crippen LogP contribution in [0.2, 0.25) is 0 Å². The fourth-order valence-corrected chi connectivity index (χ4v) is 1.52. The number of benzene rings is 2. The Morgan fingerprint density at radius 2 is 1.71 bits per heavy atom. The summed E-state index contributed by atoms with van der Waals surface area (Å²) in [4.78, 5) is 0. The predicted molar refractivity (Wildman–Crippen MR) is 65.9 cm³/mol. The monoisotopic (exact) mass is 231 g/mol. The molecule has 0 radical (unpaired) electrons. The van der Waals surface area contributed by atoms with Gasteiger partial charge in [-0.15, -0.1) is 0 Å². The van der Waals surface area contributed by atoms with Gasteiger partial charge in [-0.1, -0.05) is 30.3 Å². The van der Waals surface area contributed by atoms with E-state index in [2.05, 4.69) is 0 Å². The van der Waals surface area contributed by atoms with Gasteiger partial charge in [-0.3, -0.25) is 0 Å². The van der Waals surface area contributed by atoms with Gasteiger partial charge in [0.1, 0.15) is 18.2 Å². The molecule has 2 N–H and O–H groups in total. The maximum Gasteiger partial charge on any atom is 0.127 e. The van der Waals surface area contributed by atoms with Crippen LogP contribution in [-0.4, -0.2) is 6.67 Å². The summed E-state index contributed by atoms with van der Waals surface area (Å²) < 4.78 is 18.1. The second-order valence-electron chi connectivity index (χ2n) is 3.75. The van der Waals surface area contributed by atoms with E-state index in [4.69, 9.17) is 10.5 Å². The van der Waals surface area contributed by atoms with Crippen molar-refractivity contribution in [1.82, 2.24) is 0 Å². The molecule has 0 aromatic heterocycles. The predicted octanol–water partition coefficient (Wildman–Crippen LogP) is 3.45. The minimum atomic E-state index is -0.589. The molecule has 2 nitrogen and oxygen atoms in total. The zero-order valence-corrected chi connectivity index (χ0v) is 9.34. The van der Waals surface area contributed by atoms with E-state index >= 15 is 0 Å². The highest BCUT2D eigenvalue weighted by atomic mass is 19.1. The van der Waals surface area contributed by atoms with Gasteiger partial charge in [-0.25, -0.2) is 4.39 Å². The Morgan fingerprint density at radius 1 is 1.00 bits per heavy atom. The Balaban J connectivity index is 2.17. The molecule has 0 amide bonds. The highest BCUT2D eigenvalue weighted by molar-refractivity contribution is 5.34. The van der Waals surface area contributed by atoms with Crippen molar-refractivity contribution >= 4 is 0 Å². The molecule has 0 unspecified atom stereocenters. The van der Waals surface area contributed by atoms with Crippen molar-refractivity contribution in [2.45, 2.75) is 6.04 Å². The highest BCUT2D eigenvalue weighted by Crippen LogP contribution is 2.23. The van der Waals surface area contributed by atoms with Crippen molar-refractivity contribution in [2.75, 3.05) is 6.67 Å². The van der Waals surface area contributed by atoms with E-state index < -0.39 is 12.7 Å². The lowest BCUT2D eigenvalue weighted by atomic mass is 10.1. The van der Waals surface area contributed by atoms with E-state index in [1.54, 1.807) is 12.1 Å². The third-order valence-electron chi connectivity index (χ3n) is 2.43. The molecule has 2 aromatic rings. The summed E-state index contributed by atoms with van der Waals surface area (Å²) >= 11 is 0. The summed E-state index contributed by atoms with van der Waals surface area (Å²) in [5.74, 6) is 1.41. The second-order valence-corrected chi connectivity index (χ2v) is 3.75. The average Bonchev–Trinajstić information content (AvgIpc) is 2.39. The standard InChI is InChI=1S/C14H14FNO/c15-10-14(16)11-5-4-8-13(9-11)17-12-6-2-1-3-7-12/h1-9,14H,10,16H2/t14-/m1/s1. The third kappa shape index (κ3) is 3.04. The lowest BCUT2D eigenvalue weighted by molar-refractivity contribution is 0.434. The lowest BCUT2D eigenvalue weighted by Gasteiger charge is -2.10. The van der Waals surface area contributed by atoms with E-state index in [0.29, 0.717) is 5.75 Å². The summed E-state index contributed by atoms with van der Waals surface area (Å²) in [7, 11) is 0. The molecule has 88 valence electrons. The summed E-state index contributed by atoms with van der Waals surface area (Å²) in [5, 5.41) is 0. The first-order valence-corrected chi connectivity index (χ1v) is 5.44. The molecule has 0 aliphatic carbocycles. The second kappa shape index (κ2) is 5.46. The number of para-hydroxylation sites is 1. The molecule has 0 aliphatic heterocycles. The molecule has 2 aromatic carbocycles. The molecule has 17 heavy (non-hydrogen) atoms. The first-order chi connectivity index (χ1) is 8.29. The fourth-order valence-electron chi connectivity index (χ4n) is 1.52. The van der Waals surface area contributed by atoms with Crippen molar-refractivity contribution in [3.05, 3.63) is 60.2 Å². The Labute approximate surface area is 99.8 Å². The van der Waals surface area contributed by atoms with Crippen LogP contribution < -0.4 is 10.5 Å². The van der Waals surface area contributed by atoms with Crippen molar-refractivity contribution in [3.8, 4) is 11.5 Å². The van der Waals surface area contributed by atoms with Crippen LogP contribution in [0.3, 0.4) is 0 Å². The van der Waals surface area contributed by atoms with Gasteiger partial charge in [0.15, 0.2) is 0 Å². The summed E-state index contributed by atoms with van der Waals surface area (Å²) in [6.45, 7) is -0.575. The number of alkyl halides is 1. The minimum Gasteiger partial charge on any atom is -0.457 e. The van der Waals surface area contributed by atoms with Crippen LogP contribution in [0.1, 0.15) is 11.6 Å². The summed E-state index contributed by atoms with van der Waals surface area (Å²) in [5.41, 5.74) is 6.36. The van der Waals surface area contributed by atoms with Gasteiger partial charge in [0, 0.05) is 0 Å². The molecule has 1 atom stereocenters. The quantitative estimate of drug-likeness (QED) is 0.874. The van der Waals surface area contributed by atoms with Gasteiger partial charge >= 0.3 is 0 Å². The Morgan fingerprint density at radius 3 is 2.41 bits per heavy atom. The molecule has 0 saturated heterocycles. The van der Waals surface area contributed by atoms with Gasteiger partial charge in [-0.05, 0) is 29.8 Å². The summed E-state index contributed by atoms with van der Waals surface area (Å²) in [6, 6.07) is 16.0. The molecule has 0 bridgehead atoms. The largest absolute Gasteiger partial charge is 0.457 e. The normalized spacial score (nSPS) is 12.1. The number of hydrogen-bond acceptors (Lipinski definition) is 2. The molecular formula is C14H14FNO. The number of rotatable bonds is 4. The Kier molecular flexibility index (Phi) is 3.73. The van der Waals surface area contributed by atoms with Crippen molar-refractivity contribution < 1.29 is 9.13 Å². The maximum absolute atomic E-state index is 12.5. The van der Waals surface area contributed by atoms with E-state index in [1.807, 2.05) is 42.5 Å². The number of halogens is 1. The molecule has 0 saturated carbocycles. The van der Waals surface area contributed by atoms with Gasteiger partial charge in [-0.2, -0.15) is 0 Å². The highest BCUT2D eigenvalue weighted by Gasteiger charge is 2.06. The number of ether oxygens (including phenoxy) is 1. The number of nitrogens with two attached hydrogens (primary N) is 1. The van der Waals surface area contributed by atoms with E-state index in [-0.39, 0.29) is 0 Å². The molecule has 0 heterocycles. The topological polar surface area (TPSA) is 35.2 Å². The average molecular weight is 231 g/mol. The number of hydrogen-bond donors (Lipinski definition) is 1. The smallest absolute Gasteiger partial charge is 0.127 e. The Bertz CT molecular complexity index is 473. The zero-order valence-electron chi connectivity index (χ0n) is 9.34. The molecular weight excluding hydrogens is 217 g/mol.